The lowest BCUT2D eigenvalue weighted by molar-refractivity contribution is -0.120. The molecule has 0 saturated heterocycles. The molecule has 0 aliphatic heterocycles. The molecule has 7 nitrogen and oxygen atoms in total. The molecule has 0 atom stereocenters. The van der Waals surface area contributed by atoms with E-state index in [1.807, 2.05) is 11.4 Å². The third-order valence-corrected chi connectivity index (χ3v) is 3.85. The van der Waals surface area contributed by atoms with Gasteiger partial charge in [-0.05, 0) is 24.3 Å². The molecule has 8 heteroatoms. The predicted octanol–water partition coefficient (Wildman–Crippen LogP) is 1.06. The summed E-state index contributed by atoms with van der Waals surface area (Å²) in [6.07, 6.45) is 2.63. The third kappa shape index (κ3) is 2.97. The van der Waals surface area contributed by atoms with Crippen LogP contribution < -0.4 is 21.9 Å². The van der Waals surface area contributed by atoms with Gasteiger partial charge in [0.1, 0.15) is 10.6 Å². The van der Waals surface area contributed by atoms with Crippen LogP contribution in [-0.4, -0.2) is 28.5 Å². The molecule has 3 rings (SSSR count). The fourth-order valence-corrected chi connectivity index (χ4v) is 2.64. The second kappa shape index (κ2) is 5.59. The van der Waals surface area contributed by atoms with Crippen LogP contribution >= 0.6 is 11.3 Å². The van der Waals surface area contributed by atoms with Crippen molar-refractivity contribution in [2.45, 2.75) is 25.3 Å². The first kappa shape index (κ1) is 13.1. The van der Waals surface area contributed by atoms with Gasteiger partial charge in [-0.3, -0.25) is 10.2 Å². The van der Waals surface area contributed by atoms with Crippen molar-refractivity contribution in [3.8, 4) is 0 Å². The van der Waals surface area contributed by atoms with Crippen molar-refractivity contribution in [2.24, 2.45) is 5.84 Å². The molecule has 0 radical (unpaired) electrons. The van der Waals surface area contributed by atoms with E-state index >= 15 is 0 Å². The van der Waals surface area contributed by atoms with Crippen molar-refractivity contribution in [3.63, 3.8) is 0 Å². The summed E-state index contributed by atoms with van der Waals surface area (Å²) < 4.78 is 0. The number of amides is 1. The van der Waals surface area contributed by atoms with Crippen LogP contribution in [-0.2, 0) is 4.79 Å². The van der Waals surface area contributed by atoms with Crippen LogP contribution in [0.5, 0.6) is 0 Å². The standard InChI is InChI=1S/C12H16N6OS/c13-18-12-16-10(8-4-6-20-11(8)17-12)14-5-3-9(19)15-7-1-2-7/h4,6-7H,1-3,5,13H2,(H,15,19)(H2,14,16,17,18). The van der Waals surface area contributed by atoms with Crippen molar-refractivity contribution in [1.29, 1.82) is 0 Å². The number of thiophene rings is 1. The number of nitrogens with two attached hydrogens (primary N) is 1. The molecule has 0 spiro atoms. The van der Waals surface area contributed by atoms with Gasteiger partial charge < -0.3 is 10.6 Å². The van der Waals surface area contributed by atoms with Crippen molar-refractivity contribution in [3.05, 3.63) is 11.4 Å². The number of anilines is 2. The van der Waals surface area contributed by atoms with Gasteiger partial charge >= 0.3 is 0 Å². The van der Waals surface area contributed by atoms with Crippen molar-refractivity contribution in [1.82, 2.24) is 15.3 Å². The van der Waals surface area contributed by atoms with Gasteiger partial charge in [0, 0.05) is 19.0 Å². The number of aromatic nitrogens is 2. The quantitative estimate of drug-likeness (QED) is 0.469. The van der Waals surface area contributed by atoms with E-state index in [0.717, 1.165) is 23.1 Å². The number of hydrogen-bond donors (Lipinski definition) is 4. The summed E-state index contributed by atoms with van der Waals surface area (Å²) in [6, 6.07) is 2.35. The van der Waals surface area contributed by atoms with E-state index in [1.54, 1.807) is 0 Å². The number of nitrogen functional groups attached to an aromatic ring is 1. The summed E-state index contributed by atoms with van der Waals surface area (Å²) >= 11 is 1.52. The zero-order valence-corrected chi connectivity index (χ0v) is 11.7. The molecule has 0 bridgehead atoms. The van der Waals surface area contributed by atoms with E-state index in [2.05, 4.69) is 26.0 Å². The van der Waals surface area contributed by atoms with Crippen LogP contribution in [0, 0.1) is 0 Å². The molecular formula is C12H16N6OS. The molecule has 2 aromatic rings. The second-order valence-electron chi connectivity index (χ2n) is 4.70. The Morgan fingerprint density at radius 1 is 1.45 bits per heavy atom. The van der Waals surface area contributed by atoms with Crippen molar-refractivity contribution >= 4 is 39.2 Å². The van der Waals surface area contributed by atoms with Crippen LogP contribution in [0.4, 0.5) is 11.8 Å². The van der Waals surface area contributed by atoms with E-state index in [9.17, 15) is 4.79 Å². The van der Waals surface area contributed by atoms with Gasteiger partial charge in [0.15, 0.2) is 0 Å². The Morgan fingerprint density at radius 3 is 3.05 bits per heavy atom. The minimum absolute atomic E-state index is 0.0767. The molecule has 2 aromatic heterocycles. The van der Waals surface area contributed by atoms with E-state index in [4.69, 9.17) is 5.84 Å². The molecular weight excluding hydrogens is 276 g/mol. The van der Waals surface area contributed by atoms with Gasteiger partial charge in [0.25, 0.3) is 0 Å². The number of fused-ring (bicyclic) bond motifs is 1. The zero-order chi connectivity index (χ0) is 13.9. The molecule has 0 unspecified atom stereocenters. The van der Waals surface area contributed by atoms with Gasteiger partial charge in [0.05, 0.1) is 5.39 Å². The number of hydrazine groups is 1. The van der Waals surface area contributed by atoms with Gasteiger partial charge in [-0.1, -0.05) is 0 Å². The van der Waals surface area contributed by atoms with Gasteiger partial charge in [-0.15, -0.1) is 11.3 Å². The van der Waals surface area contributed by atoms with E-state index < -0.39 is 0 Å². The Kier molecular flexibility index (Phi) is 3.66. The molecule has 20 heavy (non-hydrogen) atoms. The minimum atomic E-state index is 0.0767. The van der Waals surface area contributed by atoms with Crippen molar-refractivity contribution < 1.29 is 4.79 Å². The van der Waals surface area contributed by atoms with Gasteiger partial charge in [-0.25, -0.2) is 10.8 Å². The van der Waals surface area contributed by atoms with Crippen LogP contribution in [0.1, 0.15) is 19.3 Å². The highest BCUT2D eigenvalue weighted by Gasteiger charge is 2.22. The fraction of sp³-hybridized carbons (Fsp3) is 0.417. The van der Waals surface area contributed by atoms with Crippen LogP contribution in [0.25, 0.3) is 10.2 Å². The smallest absolute Gasteiger partial charge is 0.240 e. The lowest BCUT2D eigenvalue weighted by Crippen LogP contribution is -2.27. The molecule has 1 aliphatic rings. The Balaban J connectivity index is 1.63. The third-order valence-electron chi connectivity index (χ3n) is 3.04. The average molecular weight is 292 g/mol. The van der Waals surface area contributed by atoms with Crippen LogP contribution in [0.15, 0.2) is 11.4 Å². The Hall–Kier alpha value is -1.93. The SMILES string of the molecule is NNc1nc(NCCC(=O)NC2CC2)c2ccsc2n1. The van der Waals surface area contributed by atoms with E-state index in [0.29, 0.717) is 30.8 Å². The maximum atomic E-state index is 11.6. The lowest BCUT2D eigenvalue weighted by atomic mass is 10.3. The van der Waals surface area contributed by atoms with Crippen LogP contribution in [0.2, 0.25) is 0 Å². The Bertz CT molecular complexity index is 623. The molecule has 1 amide bonds. The molecule has 0 aromatic carbocycles. The summed E-state index contributed by atoms with van der Waals surface area (Å²) in [5, 5.41) is 9.02. The molecule has 1 aliphatic carbocycles. The first-order chi connectivity index (χ1) is 9.76. The highest BCUT2D eigenvalue weighted by Crippen LogP contribution is 2.26. The lowest BCUT2D eigenvalue weighted by Gasteiger charge is -2.08. The van der Waals surface area contributed by atoms with Crippen molar-refractivity contribution in [2.75, 3.05) is 17.3 Å². The summed E-state index contributed by atoms with van der Waals surface area (Å²) in [5.74, 6) is 6.49. The highest BCUT2D eigenvalue weighted by molar-refractivity contribution is 7.16. The van der Waals surface area contributed by atoms with E-state index in [-0.39, 0.29) is 5.91 Å². The normalized spacial score (nSPS) is 14.2. The Morgan fingerprint density at radius 2 is 2.30 bits per heavy atom. The largest absolute Gasteiger partial charge is 0.369 e. The summed E-state index contributed by atoms with van der Waals surface area (Å²) in [7, 11) is 0. The molecule has 1 fully saturated rings. The van der Waals surface area contributed by atoms with Gasteiger partial charge in [0.2, 0.25) is 11.9 Å². The summed E-state index contributed by atoms with van der Waals surface area (Å²) in [5.41, 5.74) is 2.45. The summed E-state index contributed by atoms with van der Waals surface area (Å²) in [6.45, 7) is 0.532. The highest BCUT2D eigenvalue weighted by atomic mass is 32.1. The fourth-order valence-electron chi connectivity index (χ4n) is 1.88. The monoisotopic (exact) mass is 292 g/mol. The number of rotatable bonds is 6. The number of carbonyl (C=O) groups is 1. The average Bonchev–Trinajstić information content (AvgIpc) is 3.12. The van der Waals surface area contributed by atoms with E-state index in [1.165, 1.54) is 11.3 Å². The maximum absolute atomic E-state index is 11.6. The first-order valence-electron chi connectivity index (χ1n) is 6.51. The first-order valence-corrected chi connectivity index (χ1v) is 7.39. The predicted molar refractivity (Wildman–Crippen MR) is 79.5 cm³/mol. The molecule has 5 N–H and O–H groups in total. The minimum Gasteiger partial charge on any atom is -0.369 e. The number of nitrogens with zero attached hydrogens (tertiary/aromatic N) is 2. The van der Waals surface area contributed by atoms with Gasteiger partial charge in [-0.2, -0.15) is 4.98 Å². The molecule has 106 valence electrons. The number of hydrogen-bond acceptors (Lipinski definition) is 7. The second-order valence-corrected chi connectivity index (χ2v) is 5.59. The van der Waals surface area contributed by atoms with Crippen LogP contribution in [0.3, 0.4) is 0 Å². The number of nitrogens with one attached hydrogen (secondary N) is 3. The Labute approximate surface area is 119 Å². The topological polar surface area (TPSA) is 105 Å². The maximum Gasteiger partial charge on any atom is 0.240 e. The summed E-state index contributed by atoms with van der Waals surface area (Å²) in [4.78, 5) is 21.0. The molecule has 2 heterocycles. The number of carbonyl (C=O) groups excluding carboxylic acids is 1. The zero-order valence-electron chi connectivity index (χ0n) is 10.8. The molecule has 1 saturated carbocycles.